The fourth-order valence-electron chi connectivity index (χ4n) is 2.25. The Morgan fingerprint density at radius 3 is 2.44 bits per heavy atom. The summed E-state index contributed by atoms with van der Waals surface area (Å²) in [6.45, 7) is 0.405. The number of halogens is 1. The summed E-state index contributed by atoms with van der Waals surface area (Å²) in [5.74, 6) is -0.342. The molecule has 0 aromatic heterocycles. The highest BCUT2D eigenvalue weighted by atomic mass is 35.5. The predicted molar refractivity (Wildman–Crippen MR) is 94.8 cm³/mol. The summed E-state index contributed by atoms with van der Waals surface area (Å²) in [6, 6.07) is 12.8. The van der Waals surface area contributed by atoms with Crippen molar-refractivity contribution in [2.24, 2.45) is 0 Å². The van der Waals surface area contributed by atoms with Gasteiger partial charge in [-0.25, -0.2) is 0 Å². The summed E-state index contributed by atoms with van der Waals surface area (Å²) in [6.07, 6.45) is 0.779. The first-order chi connectivity index (χ1) is 12.0. The number of ketones is 1. The molecule has 0 saturated heterocycles. The molecule has 0 bridgehead atoms. The molecule has 7 heteroatoms. The number of carbonyl (C=O) groups excluding carboxylic acids is 2. The van der Waals surface area contributed by atoms with Crippen molar-refractivity contribution in [3.05, 3.63) is 74.8 Å². The van der Waals surface area contributed by atoms with E-state index in [2.05, 4.69) is 5.32 Å². The second-order valence-corrected chi connectivity index (χ2v) is 5.89. The average Bonchev–Trinajstić information content (AvgIpc) is 2.60. The number of rotatable bonds is 8. The van der Waals surface area contributed by atoms with Gasteiger partial charge in [0, 0.05) is 42.1 Å². The number of nitrogens with zero attached hydrogens (tertiary/aromatic N) is 1. The monoisotopic (exact) mass is 360 g/mol. The van der Waals surface area contributed by atoms with Crippen molar-refractivity contribution in [1.29, 1.82) is 0 Å². The van der Waals surface area contributed by atoms with E-state index in [-0.39, 0.29) is 30.2 Å². The van der Waals surface area contributed by atoms with E-state index in [0.29, 0.717) is 23.6 Å². The molecule has 6 nitrogen and oxygen atoms in total. The number of Topliss-reactive ketones (excluding diaryl/α,β-unsaturated/α-hetero) is 1. The van der Waals surface area contributed by atoms with Gasteiger partial charge in [-0.15, -0.1) is 0 Å². The molecule has 2 aromatic carbocycles. The van der Waals surface area contributed by atoms with Crippen LogP contribution in [0.3, 0.4) is 0 Å². The van der Waals surface area contributed by atoms with Crippen LogP contribution in [0.25, 0.3) is 0 Å². The number of nitro benzene ring substituents is 1. The highest BCUT2D eigenvalue weighted by molar-refractivity contribution is 6.31. The smallest absolute Gasteiger partial charge is 0.269 e. The zero-order chi connectivity index (χ0) is 18.2. The molecular formula is C18H17ClN2O4. The molecule has 0 aliphatic heterocycles. The van der Waals surface area contributed by atoms with Crippen molar-refractivity contribution in [2.75, 3.05) is 6.54 Å². The molecule has 0 spiro atoms. The third-order valence-corrected chi connectivity index (χ3v) is 3.84. The van der Waals surface area contributed by atoms with Gasteiger partial charge in [-0.1, -0.05) is 35.9 Å². The molecule has 1 N–H and O–H groups in total. The molecule has 130 valence electrons. The number of nitro groups is 1. The summed E-state index contributed by atoms with van der Waals surface area (Å²) in [7, 11) is 0. The Balaban J connectivity index is 1.72. The van der Waals surface area contributed by atoms with Crippen LogP contribution >= 0.6 is 11.6 Å². The normalized spacial score (nSPS) is 10.3. The number of amides is 1. The van der Waals surface area contributed by atoms with E-state index in [1.54, 1.807) is 36.4 Å². The highest BCUT2D eigenvalue weighted by Gasteiger charge is 2.10. The third kappa shape index (κ3) is 6.00. The minimum atomic E-state index is -0.456. The van der Waals surface area contributed by atoms with E-state index >= 15 is 0 Å². The maximum absolute atomic E-state index is 12.0. The predicted octanol–water partition coefficient (Wildman–Crippen LogP) is 3.57. The number of hydrogen-bond acceptors (Lipinski definition) is 4. The molecule has 2 aromatic rings. The molecule has 0 unspecified atom stereocenters. The quantitative estimate of drug-likeness (QED) is 0.442. The summed E-state index contributed by atoms with van der Waals surface area (Å²) in [4.78, 5) is 33.9. The van der Waals surface area contributed by atoms with Crippen molar-refractivity contribution < 1.29 is 14.5 Å². The van der Waals surface area contributed by atoms with Crippen LogP contribution in [0, 0.1) is 10.1 Å². The molecule has 0 aliphatic rings. The van der Waals surface area contributed by atoms with Crippen molar-refractivity contribution in [1.82, 2.24) is 5.32 Å². The molecule has 25 heavy (non-hydrogen) atoms. The van der Waals surface area contributed by atoms with E-state index in [1.807, 2.05) is 0 Å². The van der Waals surface area contributed by atoms with Crippen molar-refractivity contribution in [2.45, 2.75) is 19.3 Å². The van der Waals surface area contributed by atoms with Crippen LogP contribution in [0.1, 0.15) is 28.8 Å². The summed E-state index contributed by atoms with van der Waals surface area (Å²) in [5, 5.41) is 13.8. The Hall–Kier alpha value is -2.73. The van der Waals surface area contributed by atoms with Crippen molar-refractivity contribution >= 4 is 29.0 Å². The van der Waals surface area contributed by atoms with E-state index in [0.717, 1.165) is 5.56 Å². The van der Waals surface area contributed by atoms with E-state index < -0.39 is 4.92 Å². The first kappa shape index (κ1) is 18.6. The molecule has 0 saturated carbocycles. The van der Waals surface area contributed by atoms with Gasteiger partial charge in [0.2, 0.25) is 5.91 Å². The van der Waals surface area contributed by atoms with Crippen LogP contribution in [0.4, 0.5) is 5.69 Å². The Morgan fingerprint density at radius 1 is 1.08 bits per heavy atom. The van der Waals surface area contributed by atoms with E-state index in [1.165, 1.54) is 12.1 Å². The standard InChI is InChI=1S/C18H17ClN2O4/c19-15-3-1-2-14(12-15)17(22)8-9-18(23)20-11-10-13-4-6-16(7-5-13)21(24)25/h1-7,12H,8-11H2,(H,20,23). The van der Waals surface area contributed by atoms with Gasteiger partial charge in [-0.3, -0.25) is 19.7 Å². The second-order valence-electron chi connectivity index (χ2n) is 5.46. The topological polar surface area (TPSA) is 89.3 Å². The highest BCUT2D eigenvalue weighted by Crippen LogP contribution is 2.13. The Labute approximate surface area is 150 Å². The maximum atomic E-state index is 12.0. The lowest BCUT2D eigenvalue weighted by molar-refractivity contribution is -0.384. The van der Waals surface area contributed by atoms with E-state index in [4.69, 9.17) is 11.6 Å². The average molecular weight is 361 g/mol. The number of non-ortho nitro benzene ring substituents is 1. The lowest BCUT2D eigenvalue weighted by Crippen LogP contribution is -2.26. The number of benzene rings is 2. The molecule has 0 atom stereocenters. The molecular weight excluding hydrogens is 344 g/mol. The number of carbonyl (C=O) groups is 2. The van der Waals surface area contributed by atoms with Gasteiger partial charge in [-0.2, -0.15) is 0 Å². The van der Waals surface area contributed by atoms with Gasteiger partial charge >= 0.3 is 0 Å². The minimum absolute atomic E-state index is 0.0345. The molecule has 0 fully saturated rings. The van der Waals surface area contributed by atoms with Gasteiger partial charge in [0.15, 0.2) is 5.78 Å². The first-order valence-electron chi connectivity index (χ1n) is 7.74. The molecule has 2 rings (SSSR count). The van der Waals surface area contributed by atoms with Gasteiger partial charge < -0.3 is 5.32 Å². The Bertz CT molecular complexity index is 775. The Kier molecular flexibility index (Phi) is 6.65. The molecule has 1 amide bonds. The fraction of sp³-hybridized carbons (Fsp3) is 0.222. The summed E-state index contributed by atoms with van der Waals surface area (Å²) in [5.41, 5.74) is 1.42. The van der Waals surface area contributed by atoms with Gasteiger partial charge in [0.25, 0.3) is 5.69 Å². The number of nitrogens with one attached hydrogen (secondary N) is 1. The zero-order valence-electron chi connectivity index (χ0n) is 13.4. The first-order valence-corrected chi connectivity index (χ1v) is 8.12. The molecule has 0 aliphatic carbocycles. The Morgan fingerprint density at radius 2 is 1.80 bits per heavy atom. The second kappa shape index (κ2) is 8.94. The lowest BCUT2D eigenvalue weighted by atomic mass is 10.1. The molecule has 0 radical (unpaired) electrons. The van der Waals surface area contributed by atoms with Crippen LogP contribution < -0.4 is 5.32 Å². The van der Waals surface area contributed by atoms with Gasteiger partial charge in [0.1, 0.15) is 0 Å². The van der Waals surface area contributed by atoms with Crippen molar-refractivity contribution in [3.63, 3.8) is 0 Å². The van der Waals surface area contributed by atoms with Crippen LogP contribution in [-0.4, -0.2) is 23.2 Å². The summed E-state index contributed by atoms with van der Waals surface area (Å²) >= 11 is 5.84. The minimum Gasteiger partial charge on any atom is -0.356 e. The largest absolute Gasteiger partial charge is 0.356 e. The van der Waals surface area contributed by atoms with E-state index in [9.17, 15) is 19.7 Å². The van der Waals surface area contributed by atoms with Crippen LogP contribution in [0.5, 0.6) is 0 Å². The van der Waals surface area contributed by atoms with Gasteiger partial charge in [-0.05, 0) is 24.1 Å². The maximum Gasteiger partial charge on any atom is 0.269 e. The summed E-state index contributed by atoms with van der Waals surface area (Å²) < 4.78 is 0. The SMILES string of the molecule is O=C(CCC(=O)c1cccc(Cl)c1)NCCc1ccc([N+](=O)[O-])cc1. The zero-order valence-corrected chi connectivity index (χ0v) is 14.2. The fourth-order valence-corrected chi connectivity index (χ4v) is 2.44. The van der Waals surface area contributed by atoms with Crippen LogP contribution in [0.15, 0.2) is 48.5 Å². The molecule has 0 heterocycles. The van der Waals surface area contributed by atoms with Crippen molar-refractivity contribution in [3.8, 4) is 0 Å². The number of hydrogen-bond donors (Lipinski definition) is 1. The van der Waals surface area contributed by atoms with Crippen LogP contribution in [0.2, 0.25) is 5.02 Å². The third-order valence-electron chi connectivity index (χ3n) is 3.61. The lowest BCUT2D eigenvalue weighted by Gasteiger charge is -2.05. The van der Waals surface area contributed by atoms with Crippen LogP contribution in [-0.2, 0) is 11.2 Å². The van der Waals surface area contributed by atoms with Gasteiger partial charge in [0.05, 0.1) is 4.92 Å².